The maximum Gasteiger partial charge on any atom is 0.185 e. The van der Waals surface area contributed by atoms with E-state index in [4.69, 9.17) is 0 Å². The summed E-state index contributed by atoms with van der Waals surface area (Å²) >= 11 is 1.85. The van der Waals surface area contributed by atoms with Gasteiger partial charge in [-0.05, 0) is 36.6 Å². The van der Waals surface area contributed by atoms with Crippen LogP contribution in [0.15, 0.2) is 6.20 Å². The van der Waals surface area contributed by atoms with Gasteiger partial charge in [-0.2, -0.15) is 0 Å². The highest BCUT2D eigenvalue weighted by molar-refractivity contribution is 7.15. The molecule has 1 aliphatic rings. The summed E-state index contributed by atoms with van der Waals surface area (Å²) in [5.41, 5.74) is 0.445. The van der Waals surface area contributed by atoms with Crippen LogP contribution < -0.4 is 10.2 Å². The number of hydrogen-bond acceptors (Lipinski definition) is 4. The van der Waals surface area contributed by atoms with E-state index < -0.39 is 0 Å². The van der Waals surface area contributed by atoms with Gasteiger partial charge in [0.15, 0.2) is 5.13 Å². The van der Waals surface area contributed by atoms with E-state index in [-0.39, 0.29) is 0 Å². The summed E-state index contributed by atoms with van der Waals surface area (Å²) in [6.07, 6.45) is 4.64. The minimum Gasteiger partial charge on any atom is -0.348 e. The van der Waals surface area contributed by atoms with Gasteiger partial charge in [-0.25, -0.2) is 4.98 Å². The minimum atomic E-state index is 0.445. The molecule has 0 spiro atoms. The van der Waals surface area contributed by atoms with Crippen LogP contribution in [0.3, 0.4) is 0 Å². The fourth-order valence-electron chi connectivity index (χ4n) is 2.95. The molecular formula is C17H31N3S. The minimum absolute atomic E-state index is 0.445. The molecule has 2 rings (SSSR count). The standard InChI is InChI=1S/C17H31N3S/c1-13(2)10-18-11-15-12-19-16(21-15)20-8-6-14(7-9-20)17(3,4)5/h12-14,18H,6-11H2,1-5H3. The number of hydrogen-bond donors (Lipinski definition) is 1. The molecule has 0 saturated carbocycles. The first-order chi connectivity index (χ1) is 9.86. The molecular weight excluding hydrogens is 278 g/mol. The number of nitrogens with one attached hydrogen (secondary N) is 1. The van der Waals surface area contributed by atoms with E-state index in [1.165, 1.54) is 22.9 Å². The van der Waals surface area contributed by atoms with Crippen molar-refractivity contribution < 1.29 is 0 Å². The summed E-state index contributed by atoms with van der Waals surface area (Å²) < 4.78 is 0. The summed E-state index contributed by atoms with van der Waals surface area (Å²) in [4.78, 5) is 8.45. The van der Waals surface area contributed by atoms with Gasteiger partial charge in [0.25, 0.3) is 0 Å². The number of nitrogens with zero attached hydrogens (tertiary/aromatic N) is 2. The molecule has 1 aromatic rings. The van der Waals surface area contributed by atoms with Crippen LogP contribution in [0, 0.1) is 17.3 Å². The van der Waals surface area contributed by atoms with Gasteiger partial charge in [0.2, 0.25) is 0 Å². The van der Waals surface area contributed by atoms with Crippen molar-refractivity contribution in [1.82, 2.24) is 10.3 Å². The van der Waals surface area contributed by atoms with Crippen molar-refractivity contribution in [3.8, 4) is 0 Å². The van der Waals surface area contributed by atoms with Crippen molar-refractivity contribution in [2.24, 2.45) is 17.3 Å². The Balaban J connectivity index is 1.83. The number of anilines is 1. The van der Waals surface area contributed by atoms with Gasteiger partial charge in [0.05, 0.1) is 0 Å². The fraction of sp³-hybridized carbons (Fsp3) is 0.824. The zero-order chi connectivity index (χ0) is 15.5. The van der Waals surface area contributed by atoms with E-state index >= 15 is 0 Å². The zero-order valence-corrected chi connectivity index (χ0v) is 15.1. The van der Waals surface area contributed by atoms with E-state index in [1.54, 1.807) is 0 Å². The molecule has 1 aliphatic heterocycles. The van der Waals surface area contributed by atoms with Crippen LogP contribution in [0.1, 0.15) is 52.3 Å². The molecule has 0 aliphatic carbocycles. The first kappa shape index (κ1) is 16.8. The van der Waals surface area contributed by atoms with Gasteiger partial charge in [-0.15, -0.1) is 11.3 Å². The van der Waals surface area contributed by atoms with E-state index in [0.717, 1.165) is 32.1 Å². The quantitative estimate of drug-likeness (QED) is 0.885. The largest absolute Gasteiger partial charge is 0.348 e. The molecule has 0 aromatic carbocycles. The molecule has 4 heteroatoms. The summed E-state index contributed by atoms with van der Waals surface area (Å²) in [6, 6.07) is 0. The third-order valence-corrected chi connectivity index (χ3v) is 5.44. The second kappa shape index (κ2) is 7.10. The normalized spacial score (nSPS) is 17.7. The summed E-state index contributed by atoms with van der Waals surface area (Å²) in [6.45, 7) is 15.9. The van der Waals surface area contributed by atoms with Crippen molar-refractivity contribution in [2.45, 2.75) is 54.0 Å². The van der Waals surface area contributed by atoms with Crippen LogP contribution in [0.4, 0.5) is 5.13 Å². The third-order valence-electron chi connectivity index (χ3n) is 4.38. The van der Waals surface area contributed by atoms with Crippen molar-refractivity contribution in [3.63, 3.8) is 0 Å². The maximum atomic E-state index is 4.63. The molecule has 1 aromatic heterocycles. The van der Waals surface area contributed by atoms with Gasteiger partial charge in [-0.1, -0.05) is 34.6 Å². The predicted octanol–water partition coefficient (Wildman–Crippen LogP) is 4.15. The molecule has 1 saturated heterocycles. The van der Waals surface area contributed by atoms with Crippen molar-refractivity contribution >= 4 is 16.5 Å². The summed E-state index contributed by atoms with van der Waals surface area (Å²) in [7, 11) is 0. The third kappa shape index (κ3) is 4.96. The van der Waals surface area contributed by atoms with Gasteiger partial charge in [0.1, 0.15) is 0 Å². The molecule has 0 amide bonds. The smallest absolute Gasteiger partial charge is 0.185 e. The molecule has 120 valence electrons. The van der Waals surface area contributed by atoms with Gasteiger partial charge in [0, 0.05) is 30.7 Å². The maximum absolute atomic E-state index is 4.63. The zero-order valence-electron chi connectivity index (χ0n) is 14.3. The lowest BCUT2D eigenvalue weighted by atomic mass is 9.75. The topological polar surface area (TPSA) is 28.2 Å². The monoisotopic (exact) mass is 309 g/mol. The molecule has 1 fully saturated rings. The Hall–Kier alpha value is -0.610. The van der Waals surface area contributed by atoms with Gasteiger partial charge < -0.3 is 10.2 Å². The lowest BCUT2D eigenvalue weighted by Gasteiger charge is -2.38. The fourth-order valence-corrected chi connectivity index (χ4v) is 3.88. The SMILES string of the molecule is CC(C)CNCc1cnc(N2CCC(C(C)(C)C)CC2)s1. The van der Waals surface area contributed by atoms with Crippen LogP contribution in [-0.4, -0.2) is 24.6 Å². The molecule has 0 unspecified atom stereocenters. The van der Waals surface area contributed by atoms with Crippen molar-refractivity contribution in [3.05, 3.63) is 11.1 Å². The van der Waals surface area contributed by atoms with Crippen LogP contribution in [0.25, 0.3) is 0 Å². The molecule has 0 radical (unpaired) electrons. The average Bonchev–Trinajstić information content (AvgIpc) is 2.86. The molecule has 1 N–H and O–H groups in total. The molecule has 3 nitrogen and oxygen atoms in total. The highest BCUT2D eigenvalue weighted by Crippen LogP contribution is 2.36. The highest BCUT2D eigenvalue weighted by Gasteiger charge is 2.29. The van der Waals surface area contributed by atoms with Gasteiger partial charge in [-0.3, -0.25) is 0 Å². The van der Waals surface area contributed by atoms with Crippen LogP contribution in [0.2, 0.25) is 0 Å². The molecule has 2 heterocycles. The average molecular weight is 310 g/mol. The van der Waals surface area contributed by atoms with E-state index in [2.05, 4.69) is 49.8 Å². The summed E-state index contributed by atoms with van der Waals surface area (Å²) in [5.74, 6) is 1.55. The Morgan fingerprint density at radius 1 is 1.33 bits per heavy atom. The Morgan fingerprint density at radius 3 is 2.57 bits per heavy atom. The van der Waals surface area contributed by atoms with Crippen molar-refractivity contribution in [2.75, 3.05) is 24.5 Å². The predicted molar refractivity (Wildman–Crippen MR) is 93.1 cm³/mol. The highest BCUT2D eigenvalue weighted by atomic mass is 32.1. The first-order valence-corrected chi connectivity index (χ1v) is 9.08. The number of aromatic nitrogens is 1. The molecule has 0 bridgehead atoms. The lowest BCUT2D eigenvalue weighted by molar-refractivity contribution is 0.199. The Bertz CT molecular complexity index is 425. The van der Waals surface area contributed by atoms with Crippen LogP contribution in [-0.2, 0) is 6.54 Å². The summed E-state index contributed by atoms with van der Waals surface area (Å²) in [5, 5.41) is 4.71. The van der Waals surface area contributed by atoms with Gasteiger partial charge >= 0.3 is 0 Å². The lowest BCUT2D eigenvalue weighted by Crippen LogP contribution is -2.37. The Kier molecular flexibility index (Phi) is 5.67. The Morgan fingerprint density at radius 2 is 2.00 bits per heavy atom. The van der Waals surface area contributed by atoms with Crippen LogP contribution >= 0.6 is 11.3 Å². The van der Waals surface area contributed by atoms with Crippen LogP contribution in [0.5, 0.6) is 0 Å². The first-order valence-electron chi connectivity index (χ1n) is 8.26. The number of piperidine rings is 1. The van der Waals surface area contributed by atoms with E-state index in [0.29, 0.717) is 11.3 Å². The van der Waals surface area contributed by atoms with E-state index in [9.17, 15) is 0 Å². The number of thiazole rings is 1. The molecule has 0 atom stereocenters. The van der Waals surface area contributed by atoms with E-state index in [1.807, 2.05) is 17.5 Å². The second-order valence-electron chi connectivity index (χ2n) is 7.76. The number of rotatable bonds is 5. The van der Waals surface area contributed by atoms with Crippen molar-refractivity contribution in [1.29, 1.82) is 0 Å². The molecule has 21 heavy (non-hydrogen) atoms. The Labute approximate surface area is 134 Å². The second-order valence-corrected chi connectivity index (χ2v) is 8.85.